The van der Waals surface area contributed by atoms with Crippen molar-refractivity contribution in [2.24, 2.45) is 0 Å². The average molecular weight is 178 g/mol. The predicted molar refractivity (Wildman–Crippen MR) is 46.7 cm³/mol. The molecule has 13 heavy (non-hydrogen) atoms. The van der Waals surface area contributed by atoms with Gasteiger partial charge in [0.15, 0.2) is 0 Å². The van der Waals surface area contributed by atoms with Crippen molar-refractivity contribution in [2.45, 2.75) is 19.3 Å². The molecule has 3 heteroatoms. The summed E-state index contributed by atoms with van der Waals surface area (Å²) in [5.41, 5.74) is 0.989. The van der Waals surface area contributed by atoms with E-state index in [0.717, 1.165) is 18.4 Å². The monoisotopic (exact) mass is 178 g/mol. The number of ether oxygens (including phenoxy) is 1. The molecule has 0 bridgehead atoms. The molecule has 0 unspecified atom stereocenters. The molecule has 1 aliphatic rings. The standard InChI is InChI=1S/C10H10O3/c11-8-5-4-7-2-1-3-10(12)13-9(7)6-8/h4-6,11H,1-3H2. The molecule has 0 aromatic heterocycles. The third-order valence-corrected chi connectivity index (χ3v) is 2.10. The van der Waals surface area contributed by atoms with Crippen LogP contribution in [0.25, 0.3) is 0 Å². The van der Waals surface area contributed by atoms with Gasteiger partial charge in [-0.1, -0.05) is 6.07 Å². The van der Waals surface area contributed by atoms with Gasteiger partial charge >= 0.3 is 5.97 Å². The lowest BCUT2D eigenvalue weighted by Gasteiger charge is -2.04. The Balaban J connectivity index is 2.40. The molecule has 0 aliphatic carbocycles. The summed E-state index contributed by atoms with van der Waals surface area (Å²) in [5.74, 6) is 0.417. The van der Waals surface area contributed by atoms with Crippen molar-refractivity contribution in [3.8, 4) is 11.5 Å². The quantitative estimate of drug-likeness (QED) is 0.485. The highest BCUT2D eigenvalue weighted by Gasteiger charge is 2.14. The van der Waals surface area contributed by atoms with Crippen molar-refractivity contribution >= 4 is 5.97 Å². The number of carbonyl (C=O) groups is 1. The van der Waals surface area contributed by atoms with E-state index in [1.807, 2.05) is 0 Å². The first-order valence-electron chi connectivity index (χ1n) is 4.28. The lowest BCUT2D eigenvalue weighted by atomic mass is 10.1. The lowest BCUT2D eigenvalue weighted by Crippen LogP contribution is -2.05. The van der Waals surface area contributed by atoms with E-state index < -0.39 is 0 Å². The van der Waals surface area contributed by atoms with Crippen molar-refractivity contribution in [3.05, 3.63) is 23.8 Å². The first-order chi connectivity index (χ1) is 6.25. The molecule has 1 aromatic rings. The number of hydrogen-bond acceptors (Lipinski definition) is 3. The van der Waals surface area contributed by atoms with Gasteiger partial charge in [-0.05, 0) is 24.5 Å². The molecule has 68 valence electrons. The average Bonchev–Trinajstić information content (AvgIpc) is 2.25. The number of hydrogen-bond donors (Lipinski definition) is 1. The van der Waals surface area contributed by atoms with E-state index in [1.54, 1.807) is 12.1 Å². The summed E-state index contributed by atoms with van der Waals surface area (Å²) in [6.07, 6.45) is 2.10. The van der Waals surface area contributed by atoms with Crippen LogP contribution < -0.4 is 4.74 Å². The summed E-state index contributed by atoms with van der Waals surface area (Å²) in [7, 11) is 0. The van der Waals surface area contributed by atoms with Crippen LogP contribution in [-0.2, 0) is 11.2 Å². The Bertz CT molecular complexity index is 344. The first-order valence-corrected chi connectivity index (χ1v) is 4.28. The molecule has 0 amide bonds. The molecule has 1 heterocycles. The Labute approximate surface area is 76.0 Å². The van der Waals surface area contributed by atoms with Gasteiger partial charge in [-0.2, -0.15) is 0 Å². The summed E-state index contributed by atoms with van der Waals surface area (Å²) < 4.78 is 5.04. The van der Waals surface area contributed by atoms with Gasteiger partial charge in [0.1, 0.15) is 11.5 Å². The normalized spacial score (nSPS) is 15.8. The molecule has 1 N–H and O–H groups in total. The highest BCUT2D eigenvalue weighted by atomic mass is 16.5. The Morgan fingerprint density at radius 2 is 2.15 bits per heavy atom. The largest absolute Gasteiger partial charge is 0.508 e. The zero-order chi connectivity index (χ0) is 9.26. The van der Waals surface area contributed by atoms with Crippen molar-refractivity contribution in [3.63, 3.8) is 0 Å². The SMILES string of the molecule is O=C1CCCc2ccc(O)cc2O1. The first kappa shape index (κ1) is 8.10. The van der Waals surface area contributed by atoms with Crippen LogP contribution in [-0.4, -0.2) is 11.1 Å². The molecule has 0 saturated heterocycles. The zero-order valence-corrected chi connectivity index (χ0v) is 7.12. The van der Waals surface area contributed by atoms with Gasteiger partial charge in [0, 0.05) is 12.5 Å². The highest BCUT2D eigenvalue weighted by molar-refractivity contribution is 5.73. The summed E-state index contributed by atoms with van der Waals surface area (Å²) in [4.78, 5) is 11.1. The van der Waals surface area contributed by atoms with Crippen molar-refractivity contribution in [1.82, 2.24) is 0 Å². The maximum atomic E-state index is 11.1. The number of aryl methyl sites for hydroxylation is 1. The van der Waals surface area contributed by atoms with E-state index in [4.69, 9.17) is 4.74 Å². The third kappa shape index (κ3) is 1.64. The van der Waals surface area contributed by atoms with Crippen molar-refractivity contribution in [1.29, 1.82) is 0 Å². The maximum absolute atomic E-state index is 11.1. The van der Waals surface area contributed by atoms with Crippen molar-refractivity contribution < 1.29 is 14.6 Å². The van der Waals surface area contributed by atoms with Crippen LogP contribution >= 0.6 is 0 Å². The molecule has 1 aromatic carbocycles. The molecule has 2 rings (SSSR count). The van der Waals surface area contributed by atoms with E-state index in [0.29, 0.717) is 12.2 Å². The van der Waals surface area contributed by atoms with Crippen LogP contribution in [0.15, 0.2) is 18.2 Å². The maximum Gasteiger partial charge on any atom is 0.311 e. The molecule has 3 nitrogen and oxygen atoms in total. The van der Waals surface area contributed by atoms with Crippen LogP contribution in [0.4, 0.5) is 0 Å². The number of phenols is 1. The van der Waals surface area contributed by atoms with Crippen LogP contribution in [0, 0.1) is 0 Å². The molecule has 0 spiro atoms. The highest BCUT2D eigenvalue weighted by Crippen LogP contribution is 2.28. The van der Waals surface area contributed by atoms with E-state index in [9.17, 15) is 9.90 Å². The second-order valence-electron chi connectivity index (χ2n) is 3.12. The van der Waals surface area contributed by atoms with E-state index in [1.165, 1.54) is 6.07 Å². The van der Waals surface area contributed by atoms with Gasteiger partial charge in [0.2, 0.25) is 0 Å². The fourth-order valence-electron chi connectivity index (χ4n) is 1.44. The molecular weight excluding hydrogens is 168 g/mol. The number of esters is 1. The van der Waals surface area contributed by atoms with Crippen LogP contribution in [0.1, 0.15) is 18.4 Å². The molecule has 1 aliphatic heterocycles. The van der Waals surface area contributed by atoms with Gasteiger partial charge < -0.3 is 9.84 Å². The van der Waals surface area contributed by atoms with Gasteiger partial charge in [0.05, 0.1) is 0 Å². The number of phenolic OH excluding ortho intramolecular Hbond substituents is 1. The van der Waals surface area contributed by atoms with E-state index in [2.05, 4.69) is 0 Å². The number of carbonyl (C=O) groups excluding carboxylic acids is 1. The predicted octanol–water partition coefficient (Wildman–Crippen LogP) is 1.63. The zero-order valence-electron chi connectivity index (χ0n) is 7.12. The number of fused-ring (bicyclic) bond motifs is 1. The Morgan fingerprint density at radius 1 is 1.31 bits per heavy atom. The van der Waals surface area contributed by atoms with Gasteiger partial charge in [-0.15, -0.1) is 0 Å². The fourth-order valence-corrected chi connectivity index (χ4v) is 1.44. The van der Waals surface area contributed by atoms with E-state index >= 15 is 0 Å². The Kier molecular flexibility index (Phi) is 1.93. The fraction of sp³-hybridized carbons (Fsp3) is 0.300. The number of rotatable bonds is 0. The van der Waals surface area contributed by atoms with Gasteiger partial charge in [-0.25, -0.2) is 0 Å². The molecule has 0 atom stereocenters. The lowest BCUT2D eigenvalue weighted by molar-refractivity contribution is -0.134. The summed E-state index contributed by atoms with van der Waals surface area (Å²) in [6, 6.07) is 4.89. The Morgan fingerprint density at radius 3 is 3.00 bits per heavy atom. The van der Waals surface area contributed by atoms with E-state index in [-0.39, 0.29) is 11.7 Å². The van der Waals surface area contributed by atoms with Gasteiger partial charge in [0.25, 0.3) is 0 Å². The molecule has 0 saturated carbocycles. The summed E-state index contributed by atoms with van der Waals surface area (Å²) in [6.45, 7) is 0. The van der Waals surface area contributed by atoms with Crippen LogP contribution in [0.2, 0.25) is 0 Å². The van der Waals surface area contributed by atoms with Crippen molar-refractivity contribution in [2.75, 3.05) is 0 Å². The Hall–Kier alpha value is -1.51. The molecular formula is C10H10O3. The topological polar surface area (TPSA) is 46.5 Å². The third-order valence-electron chi connectivity index (χ3n) is 2.10. The van der Waals surface area contributed by atoms with Crippen LogP contribution in [0.5, 0.6) is 11.5 Å². The second kappa shape index (κ2) is 3.09. The minimum atomic E-state index is -0.218. The number of benzene rings is 1. The molecule has 0 radical (unpaired) electrons. The smallest absolute Gasteiger partial charge is 0.311 e. The van der Waals surface area contributed by atoms with Gasteiger partial charge in [-0.3, -0.25) is 4.79 Å². The molecule has 0 fully saturated rings. The second-order valence-corrected chi connectivity index (χ2v) is 3.12. The summed E-state index contributed by atoms with van der Waals surface area (Å²) >= 11 is 0. The summed E-state index contributed by atoms with van der Waals surface area (Å²) in [5, 5.41) is 9.18. The number of aromatic hydroxyl groups is 1. The minimum absolute atomic E-state index is 0.133. The van der Waals surface area contributed by atoms with Crippen LogP contribution in [0.3, 0.4) is 0 Å². The minimum Gasteiger partial charge on any atom is -0.508 e.